The molecule has 0 amide bonds. The molecular weight excluding hydrogens is 547 g/mol. The number of hydrogen-bond donors (Lipinski definition) is 1. The molecule has 0 aliphatic rings. The summed E-state index contributed by atoms with van der Waals surface area (Å²) in [4.78, 5) is 0.972. The highest BCUT2D eigenvalue weighted by Gasteiger charge is 2.44. The molecule has 0 heterocycles. The van der Waals surface area contributed by atoms with Crippen LogP contribution in [0.25, 0.3) is 0 Å². The van der Waals surface area contributed by atoms with Crippen LogP contribution in [0.5, 0.6) is 5.75 Å². The van der Waals surface area contributed by atoms with Crippen molar-refractivity contribution in [2.75, 3.05) is 12.8 Å². The Hall–Kier alpha value is -3.76. The maximum atomic E-state index is 6.40. The van der Waals surface area contributed by atoms with Crippen molar-refractivity contribution >= 4 is 35.8 Å². The smallest absolute Gasteiger partial charge is 0.119 e. The Kier molecular flexibility index (Phi) is 9.54. The van der Waals surface area contributed by atoms with Crippen molar-refractivity contribution in [1.29, 1.82) is 0 Å². The minimum absolute atomic E-state index is 0.659. The van der Waals surface area contributed by atoms with Gasteiger partial charge in [-0.2, -0.15) is 0 Å². The fourth-order valence-corrected chi connectivity index (χ4v) is 10.5. The van der Waals surface area contributed by atoms with Gasteiger partial charge in [0.2, 0.25) is 0 Å². The molecule has 5 aromatic carbocycles. The molecule has 0 aliphatic heterocycles. The van der Waals surface area contributed by atoms with E-state index in [1.54, 1.807) is 0 Å². The average molecular weight is 586 g/mol. The lowest BCUT2D eigenvalue weighted by atomic mass is 10.00. The maximum absolute atomic E-state index is 6.40. The van der Waals surface area contributed by atoms with Crippen LogP contribution in [0.15, 0.2) is 120 Å². The predicted molar refractivity (Wildman–Crippen MR) is 185 cm³/mol. The second kappa shape index (κ2) is 13.5. The van der Waals surface area contributed by atoms with Crippen molar-refractivity contribution in [3.8, 4) is 17.6 Å². The number of aryl methyl sites for hydroxylation is 4. The zero-order chi connectivity index (χ0) is 29.5. The summed E-state index contributed by atoms with van der Waals surface area (Å²) in [6.45, 7) is 9.09. The summed E-state index contributed by atoms with van der Waals surface area (Å²) < 4.78 is 6.40. The van der Waals surface area contributed by atoms with Crippen molar-refractivity contribution in [3.05, 3.63) is 149 Å². The standard InChI is InChI=1S/C39H37OPS/c1-29-25-33(26-30(2)38(29)21-22-39-31(3)27-37(42)28-32(39)4)40-23-14-24-41(34-15-8-5-9-16-34,35-17-10-6-11-18-35)36-19-12-7-13-20-36/h5-13,15-20,25-28H,14,23-24H2,1-4H3/p+1. The minimum Gasteiger partial charge on any atom is -0.493 e. The molecule has 0 N–H and O–H groups in total. The van der Waals surface area contributed by atoms with Gasteiger partial charge in [-0.1, -0.05) is 66.4 Å². The Bertz CT molecular complexity index is 1570. The first-order valence-corrected chi connectivity index (χ1v) is 16.9. The van der Waals surface area contributed by atoms with Crippen molar-refractivity contribution < 1.29 is 4.74 Å². The van der Waals surface area contributed by atoms with Gasteiger partial charge in [-0.25, -0.2) is 0 Å². The van der Waals surface area contributed by atoms with Crippen molar-refractivity contribution in [2.24, 2.45) is 0 Å². The van der Waals surface area contributed by atoms with Gasteiger partial charge in [0.1, 0.15) is 28.9 Å². The molecule has 42 heavy (non-hydrogen) atoms. The number of hydrogen-bond acceptors (Lipinski definition) is 2. The van der Waals surface area contributed by atoms with Crippen molar-refractivity contribution in [3.63, 3.8) is 0 Å². The third-order valence-electron chi connectivity index (χ3n) is 7.83. The molecule has 0 spiro atoms. The summed E-state index contributed by atoms with van der Waals surface area (Å²) in [6.07, 6.45) is 1.99. The van der Waals surface area contributed by atoms with E-state index < -0.39 is 7.26 Å². The molecule has 210 valence electrons. The number of ether oxygens (including phenoxy) is 1. The van der Waals surface area contributed by atoms with E-state index >= 15 is 0 Å². The Morgan fingerprint density at radius 1 is 0.571 bits per heavy atom. The predicted octanol–water partition coefficient (Wildman–Crippen LogP) is 8.37. The van der Waals surface area contributed by atoms with Gasteiger partial charge < -0.3 is 4.74 Å². The SMILES string of the molecule is Cc1cc(S)cc(C)c1C#Cc1c(C)cc(OCCC[P+](c2ccccc2)(c2ccccc2)c2ccccc2)cc1C. The van der Waals surface area contributed by atoms with E-state index in [2.05, 4.69) is 167 Å². The van der Waals surface area contributed by atoms with Crippen LogP contribution in [0.3, 0.4) is 0 Å². The van der Waals surface area contributed by atoms with E-state index in [0.29, 0.717) is 6.61 Å². The summed E-state index contributed by atoms with van der Waals surface area (Å²) >= 11 is 4.50. The normalized spacial score (nSPS) is 11.1. The maximum Gasteiger partial charge on any atom is 0.119 e. The van der Waals surface area contributed by atoms with Crippen LogP contribution in [0.2, 0.25) is 0 Å². The first-order chi connectivity index (χ1) is 20.4. The molecule has 0 bridgehead atoms. The molecule has 3 heteroatoms. The molecule has 0 aliphatic carbocycles. The molecule has 0 atom stereocenters. The second-order valence-corrected chi connectivity index (χ2v) is 15.0. The molecule has 0 saturated carbocycles. The van der Waals surface area contributed by atoms with Crippen LogP contribution in [0.4, 0.5) is 0 Å². The molecule has 0 saturated heterocycles. The first kappa shape index (κ1) is 29.7. The lowest BCUT2D eigenvalue weighted by molar-refractivity contribution is 0.318. The lowest BCUT2D eigenvalue weighted by Crippen LogP contribution is -2.33. The number of rotatable bonds is 8. The molecule has 5 aromatic rings. The van der Waals surface area contributed by atoms with E-state index in [9.17, 15) is 0 Å². The van der Waals surface area contributed by atoms with Gasteiger partial charge in [0, 0.05) is 22.4 Å². The third-order valence-corrected chi connectivity index (χ3v) is 12.6. The molecule has 1 nitrogen and oxygen atoms in total. The van der Waals surface area contributed by atoms with Crippen LogP contribution in [-0.2, 0) is 0 Å². The van der Waals surface area contributed by atoms with E-state index in [-0.39, 0.29) is 0 Å². The highest BCUT2D eigenvalue weighted by molar-refractivity contribution is 7.95. The van der Waals surface area contributed by atoms with Gasteiger partial charge in [-0.15, -0.1) is 12.6 Å². The molecule has 0 fully saturated rings. The van der Waals surface area contributed by atoms with Crippen LogP contribution in [0, 0.1) is 39.5 Å². The van der Waals surface area contributed by atoms with Crippen LogP contribution >= 0.6 is 19.9 Å². The zero-order valence-electron chi connectivity index (χ0n) is 24.9. The van der Waals surface area contributed by atoms with Gasteiger partial charge >= 0.3 is 0 Å². The zero-order valence-corrected chi connectivity index (χ0v) is 26.7. The second-order valence-electron chi connectivity index (χ2n) is 10.9. The molecule has 0 radical (unpaired) electrons. The lowest BCUT2D eigenvalue weighted by Gasteiger charge is -2.27. The molecule has 5 rings (SSSR count). The Morgan fingerprint density at radius 2 is 0.952 bits per heavy atom. The van der Waals surface area contributed by atoms with E-state index in [1.807, 2.05) is 0 Å². The Labute approximate surface area is 257 Å². The van der Waals surface area contributed by atoms with Gasteiger partial charge in [0.05, 0.1) is 12.8 Å². The quantitative estimate of drug-likeness (QED) is 0.0833. The molecular formula is C39H38OPS+. The number of thiol groups is 1. The third kappa shape index (κ3) is 6.50. The molecule has 0 unspecified atom stereocenters. The monoisotopic (exact) mass is 585 g/mol. The summed E-state index contributed by atoms with van der Waals surface area (Å²) in [6, 6.07) is 41.5. The van der Waals surface area contributed by atoms with Crippen molar-refractivity contribution in [2.45, 2.75) is 39.0 Å². The fourth-order valence-electron chi connectivity index (χ4n) is 5.84. The summed E-state index contributed by atoms with van der Waals surface area (Å²) in [5.41, 5.74) is 6.73. The summed E-state index contributed by atoms with van der Waals surface area (Å²) in [7, 11) is -1.85. The Morgan fingerprint density at radius 3 is 1.36 bits per heavy atom. The highest BCUT2D eigenvalue weighted by atomic mass is 32.1. The highest BCUT2D eigenvalue weighted by Crippen LogP contribution is 2.55. The van der Waals surface area contributed by atoms with Gasteiger partial charge in [0.25, 0.3) is 0 Å². The van der Waals surface area contributed by atoms with E-state index in [0.717, 1.165) is 56.6 Å². The van der Waals surface area contributed by atoms with Gasteiger partial charge in [-0.3, -0.25) is 0 Å². The van der Waals surface area contributed by atoms with Crippen molar-refractivity contribution in [1.82, 2.24) is 0 Å². The average Bonchev–Trinajstić information content (AvgIpc) is 2.99. The topological polar surface area (TPSA) is 9.23 Å². The van der Waals surface area contributed by atoms with Crippen LogP contribution < -0.4 is 20.7 Å². The summed E-state index contributed by atoms with van der Waals surface area (Å²) in [5.74, 6) is 7.77. The largest absolute Gasteiger partial charge is 0.493 e. The summed E-state index contributed by atoms with van der Waals surface area (Å²) in [5, 5.41) is 4.23. The van der Waals surface area contributed by atoms with Crippen LogP contribution in [-0.4, -0.2) is 12.8 Å². The van der Waals surface area contributed by atoms with Gasteiger partial charge in [-0.05, 0) is 111 Å². The number of benzene rings is 5. The van der Waals surface area contributed by atoms with Crippen LogP contribution in [0.1, 0.15) is 39.8 Å². The first-order valence-electron chi connectivity index (χ1n) is 14.5. The fraction of sp³-hybridized carbons (Fsp3) is 0.179. The minimum atomic E-state index is -1.85. The Balaban J connectivity index is 1.37. The van der Waals surface area contributed by atoms with E-state index in [1.165, 1.54) is 15.9 Å². The van der Waals surface area contributed by atoms with E-state index in [4.69, 9.17) is 4.74 Å². The molecule has 0 aromatic heterocycles. The van der Waals surface area contributed by atoms with Gasteiger partial charge in [0.15, 0.2) is 0 Å².